The molecule has 1 atom stereocenters. The first kappa shape index (κ1) is 11.9. The van der Waals surface area contributed by atoms with Crippen molar-refractivity contribution in [3.8, 4) is 0 Å². The quantitative estimate of drug-likeness (QED) is 0.770. The van der Waals surface area contributed by atoms with Crippen molar-refractivity contribution < 1.29 is 4.79 Å². The van der Waals surface area contributed by atoms with E-state index < -0.39 is 5.41 Å². The average molecular weight is 230 g/mol. The van der Waals surface area contributed by atoms with Crippen LogP contribution in [0.15, 0.2) is 42.0 Å². The molecular weight excluding hydrogens is 212 g/mol. The van der Waals surface area contributed by atoms with Gasteiger partial charge in [-0.3, -0.25) is 4.79 Å². The fraction of sp³-hybridized carbons (Fsp3) is 0.357. The second-order valence-corrected chi connectivity index (χ2v) is 4.54. The zero-order valence-corrected chi connectivity index (χ0v) is 10.1. The maximum absolute atomic E-state index is 11.9. The molecule has 0 aromatic heterocycles. The lowest BCUT2D eigenvalue weighted by atomic mass is 9.73. The highest BCUT2D eigenvalue weighted by molar-refractivity contribution is 5.90. The SMILES string of the molecule is CC(C(N)=O)(C1=CCNCC1)c1ccccc1. The number of hydrogen-bond donors (Lipinski definition) is 2. The summed E-state index contributed by atoms with van der Waals surface area (Å²) in [4.78, 5) is 11.9. The van der Waals surface area contributed by atoms with Gasteiger partial charge in [-0.1, -0.05) is 42.0 Å². The first-order valence-electron chi connectivity index (χ1n) is 5.91. The zero-order chi connectivity index (χ0) is 12.3. The maximum Gasteiger partial charge on any atom is 0.231 e. The molecule has 3 N–H and O–H groups in total. The van der Waals surface area contributed by atoms with Gasteiger partial charge in [0.15, 0.2) is 0 Å². The molecule has 0 bridgehead atoms. The highest BCUT2D eigenvalue weighted by atomic mass is 16.1. The van der Waals surface area contributed by atoms with E-state index in [1.54, 1.807) is 0 Å². The van der Waals surface area contributed by atoms with Crippen LogP contribution in [0.25, 0.3) is 0 Å². The van der Waals surface area contributed by atoms with Crippen LogP contribution in [-0.4, -0.2) is 19.0 Å². The molecular formula is C14H18N2O. The van der Waals surface area contributed by atoms with Crippen LogP contribution in [-0.2, 0) is 10.2 Å². The molecule has 1 amide bonds. The van der Waals surface area contributed by atoms with Crippen LogP contribution in [0.5, 0.6) is 0 Å². The van der Waals surface area contributed by atoms with Gasteiger partial charge >= 0.3 is 0 Å². The molecule has 0 spiro atoms. The van der Waals surface area contributed by atoms with E-state index in [9.17, 15) is 4.79 Å². The summed E-state index contributed by atoms with van der Waals surface area (Å²) in [5.74, 6) is -0.281. The standard InChI is InChI=1S/C14H18N2O/c1-14(13(15)17,11-5-3-2-4-6-11)12-7-9-16-10-8-12/h2-7,16H,8-10H2,1H3,(H2,15,17). The molecule has 0 aliphatic carbocycles. The molecule has 0 fully saturated rings. The van der Waals surface area contributed by atoms with E-state index in [0.717, 1.165) is 30.6 Å². The number of carbonyl (C=O) groups excluding carboxylic acids is 1. The fourth-order valence-corrected chi connectivity index (χ4v) is 2.33. The Morgan fingerprint density at radius 1 is 1.35 bits per heavy atom. The Labute approximate surface area is 102 Å². The van der Waals surface area contributed by atoms with Crippen molar-refractivity contribution in [3.63, 3.8) is 0 Å². The summed E-state index contributed by atoms with van der Waals surface area (Å²) >= 11 is 0. The Kier molecular flexibility index (Phi) is 3.29. The predicted molar refractivity (Wildman–Crippen MR) is 68.6 cm³/mol. The minimum atomic E-state index is -0.677. The third kappa shape index (κ3) is 2.11. The van der Waals surface area contributed by atoms with Crippen LogP contribution in [0.2, 0.25) is 0 Å². The van der Waals surface area contributed by atoms with Gasteiger partial charge in [0.1, 0.15) is 0 Å². The molecule has 1 aliphatic heterocycles. The topological polar surface area (TPSA) is 55.1 Å². The number of nitrogens with two attached hydrogens (primary N) is 1. The van der Waals surface area contributed by atoms with Gasteiger partial charge in [-0.05, 0) is 25.5 Å². The van der Waals surface area contributed by atoms with E-state index in [0.29, 0.717) is 0 Å². The second kappa shape index (κ2) is 4.72. The smallest absolute Gasteiger partial charge is 0.231 e. The van der Waals surface area contributed by atoms with Crippen LogP contribution < -0.4 is 11.1 Å². The molecule has 1 aromatic carbocycles. The van der Waals surface area contributed by atoms with E-state index in [1.807, 2.05) is 37.3 Å². The van der Waals surface area contributed by atoms with Crippen LogP contribution in [0, 0.1) is 0 Å². The predicted octanol–water partition coefficient (Wildman–Crippen LogP) is 1.35. The van der Waals surface area contributed by atoms with E-state index >= 15 is 0 Å². The number of amides is 1. The molecule has 1 unspecified atom stereocenters. The average Bonchev–Trinajstić information content (AvgIpc) is 2.39. The van der Waals surface area contributed by atoms with E-state index in [4.69, 9.17) is 5.73 Å². The molecule has 0 saturated carbocycles. The van der Waals surface area contributed by atoms with Gasteiger partial charge in [-0.15, -0.1) is 0 Å². The molecule has 1 heterocycles. The number of hydrogen-bond acceptors (Lipinski definition) is 2. The van der Waals surface area contributed by atoms with Crippen molar-refractivity contribution in [1.82, 2.24) is 5.32 Å². The van der Waals surface area contributed by atoms with Gasteiger partial charge < -0.3 is 11.1 Å². The molecule has 0 saturated heterocycles. The first-order chi connectivity index (χ1) is 8.15. The van der Waals surface area contributed by atoms with Crippen LogP contribution in [0.4, 0.5) is 0 Å². The van der Waals surface area contributed by atoms with Gasteiger partial charge in [0, 0.05) is 6.54 Å². The van der Waals surface area contributed by atoms with Crippen molar-refractivity contribution in [1.29, 1.82) is 0 Å². The normalized spacial score (nSPS) is 19.2. The summed E-state index contributed by atoms with van der Waals surface area (Å²) in [6.07, 6.45) is 2.95. The minimum Gasteiger partial charge on any atom is -0.369 e. The maximum atomic E-state index is 11.9. The lowest BCUT2D eigenvalue weighted by molar-refractivity contribution is -0.121. The summed E-state index contributed by atoms with van der Waals surface area (Å²) in [7, 11) is 0. The number of nitrogens with one attached hydrogen (secondary N) is 1. The van der Waals surface area contributed by atoms with Gasteiger partial charge in [-0.25, -0.2) is 0 Å². The summed E-state index contributed by atoms with van der Waals surface area (Å²) < 4.78 is 0. The Bertz CT molecular complexity index is 439. The van der Waals surface area contributed by atoms with Crippen molar-refractivity contribution in [3.05, 3.63) is 47.5 Å². The van der Waals surface area contributed by atoms with Crippen molar-refractivity contribution in [2.24, 2.45) is 5.73 Å². The lowest BCUT2D eigenvalue weighted by Crippen LogP contribution is -2.42. The van der Waals surface area contributed by atoms with Crippen LogP contribution in [0.3, 0.4) is 0 Å². The van der Waals surface area contributed by atoms with E-state index in [1.165, 1.54) is 0 Å². The Hall–Kier alpha value is -1.61. The van der Waals surface area contributed by atoms with Crippen molar-refractivity contribution in [2.45, 2.75) is 18.8 Å². The van der Waals surface area contributed by atoms with Gasteiger partial charge in [0.25, 0.3) is 0 Å². The number of benzene rings is 1. The van der Waals surface area contributed by atoms with Gasteiger partial charge in [0.2, 0.25) is 5.91 Å². The number of primary amides is 1. The molecule has 2 rings (SSSR count). The Morgan fingerprint density at radius 3 is 2.59 bits per heavy atom. The van der Waals surface area contributed by atoms with Crippen LogP contribution in [0.1, 0.15) is 18.9 Å². The summed E-state index contributed by atoms with van der Waals surface area (Å²) in [5, 5.41) is 3.25. The third-order valence-electron chi connectivity index (χ3n) is 3.55. The largest absolute Gasteiger partial charge is 0.369 e. The molecule has 1 aromatic rings. The molecule has 3 heteroatoms. The van der Waals surface area contributed by atoms with E-state index in [-0.39, 0.29) is 5.91 Å². The highest BCUT2D eigenvalue weighted by Gasteiger charge is 2.37. The summed E-state index contributed by atoms with van der Waals surface area (Å²) in [6.45, 7) is 3.63. The van der Waals surface area contributed by atoms with E-state index in [2.05, 4.69) is 11.4 Å². The lowest BCUT2D eigenvalue weighted by Gasteiger charge is -2.32. The highest BCUT2D eigenvalue weighted by Crippen LogP contribution is 2.34. The Balaban J connectivity index is 2.46. The molecule has 90 valence electrons. The summed E-state index contributed by atoms with van der Waals surface area (Å²) in [5.41, 5.74) is 7.05. The van der Waals surface area contributed by atoms with Crippen LogP contribution >= 0.6 is 0 Å². The zero-order valence-electron chi connectivity index (χ0n) is 10.1. The second-order valence-electron chi connectivity index (χ2n) is 4.54. The van der Waals surface area contributed by atoms with Gasteiger partial charge in [0.05, 0.1) is 5.41 Å². The van der Waals surface area contributed by atoms with Crippen molar-refractivity contribution >= 4 is 5.91 Å². The molecule has 17 heavy (non-hydrogen) atoms. The van der Waals surface area contributed by atoms with Gasteiger partial charge in [-0.2, -0.15) is 0 Å². The minimum absolute atomic E-state index is 0.281. The molecule has 0 radical (unpaired) electrons. The molecule has 3 nitrogen and oxygen atoms in total. The number of carbonyl (C=O) groups is 1. The van der Waals surface area contributed by atoms with Crippen molar-refractivity contribution in [2.75, 3.05) is 13.1 Å². The number of rotatable bonds is 3. The Morgan fingerprint density at radius 2 is 2.06 bits per heavy atom. The fourth-order valence-electron chi connectivity index (χ4n) is 2.33. The monoisotopic (exact) mass is 230 g/mol. The molecule has 1 aliphatic rings. The third-order valence-corrected chi connectivity index (χ3v) is 3.55. The first-order valence-corrected chi connectivity index (χ1v) is 5.91. The summed E-state index contributed by atoms with van der Waals surface area (Å²) in [6, 6.07) is 9.76.